The Labute approximate surface area is 236 Å². The van der Waals surface area contributed by atoms with Crippen molar-refractivity contribution < 1.29 is 18.8 Å². The monoisotopic (exact) mass is 547 g/mol. The van der Waals surface area contributed by atoms with Gasteiger partial charge in [-0.3, -0.25) is 4.79 Å². The summed E-state index contributed by atoms with van der Waals surface area (Å²) in [5.74, 6) is 0.252. The molecule has 1 fully saturated rings. The van der Waals surface area contributed by atoms with Crippen LogP contribution in [0.2, 0.25) is 0 Å². The van der Waals surface area contributed by atoms with E-state index in [0.29, 0.717) is 18.0 Å². The predicted octanol–water partition coefficient (Wildman–Crippen LogP) is 5.98. The summed E-state index contributed by atoms with van der Waals surface area (Å²) in [5.41, 5.74) is 10.9. The highest BCUT2D eigenvalue weighted by Gasteiger charge is 2.28. The maximum Gasteiger partial charge on any atom is 0.410 e. The number of aromatic nitrogens is 1. The Hall–Kier alpha value is -3.85. The summed E-state index contributed by atoms with van der Waals surface area (Å²) in [6.45, 7) is 5.23. The van der Waals surface area contributed by atoms with Gasteiger partial charge in [0.25, 0.3) is 5.91 Å². The number of rotatable bonds is 10. The second kappa shape index (κ2) is 13.5. The number of carbonyl (C=O) groups excluding carboxylic acids is 2. The van der Waals surface area contributed by atoms with Gasteiger partial charge in [0.15, 0.2) is 5.69 Å². The standard InChI is InChI=1S/C31H41N5O4/c1-5-6-16-35(3)29-15-10-24(19-27(29)33-30(37)28-17-21(2)40-34-28)23-9-7-8-22(18-23)20-36(31(38)39-4)26-13-11-25(32)12-14-26/h7-10,15,17-19,25-26H,5-6,11-14,16,20,32H2,1-4H3,(H,33,37). The third kappa shape index (κ3) is 7.21. The SMILES string of the molecule is CCCCN(C)c1ccc(-c2cccc(CN(C(=O)OC)C3CCC(N)CC3)c2)cc1NC(=O)c1cc(C)on1. The van der Waals surface area contributed by atoms with Crippen molar-refractivity contribution in [3.05, 3.63) is 65.5 Å². The van der Waals surface area contributed by atoms with Crippen molar-refractivity contribution in [2.45, 2.75) is 71.0 Å². The van der Waals surface area contributed by atoms with Gasteiger partial charge in [-0.25, -0.2) is 4.79 Å². The molecule has 0 radical (unpaired) electrons. The molecule has 214 valence electrons. The van der Waals surface area contributed by atoms with Crippen LogP contribution in [0.1, 0.15) is 67.3 Å². The normalized spacial score (nSPS) is 16.8. The molecule has 2 amide bonds. The number of anilines is 2. The van der Waals surface area contributed by atoms with E-state index in [-0.39, 0.29) is 29.8 Å². The Balaban J connectivity index is 1.61. The molecule has 1 aliphatic rings. The molecule has 1 aliphatic carbocycles. The van der Waals surface area contributed by atoms with Crippen molar-refractivity contribution in [1.82, 2.24) is 10.1 Å². The molecule has 3 aromatic rings. The number of methoxy groups -OCH3 is 1. The highest BCUT2D eigenvalue weighted by atomic mass is 16.5. The van der Waals surface area contributed by atoms with Gasteiger partial charge in [-0.15, -0.1) is 0 Å². The molecule has 0 atom stereocenters. The summed E-state index contributed by atoms with van der Waals surface area (Å²) in [7, 11) is 3.45. The van der Waals surface area contributed by atoms with Gasteiger partial charge in [0, 0.05) is 38.3 Å². The largest absolute Gasteiger partial charge is 0.453 e. The van der Waals surface area contributed by atoms with E-state index >= 15 is 0 Å². The zero-order valence-corrected chi connectivity index (χ0v) is 24.0. The highest BCUT2D eigenvalue weighted by Crippen LogP contribution is 2.33. The topological polar surface area (TPSA) is 114 Å². The van der Waals surface area contributed by atoms with E-state index in [0.717, 1.165) is 67.4 Å². The number of benzene rings is 2. The zero-order valence-electron chi connectivity index (χ0n) is 24.0. The Kier molecular flexibility index (Phi) is 9.82. The van der Waals surface area contributed by atoms with Crippen LogP contribution in [0.4, 0.5) is 16.2 Å². The van der Waals surface area contributed by atoms with E-state index in [2.05, 4.69) is 34.4 Å². The van der Waals surface area contributed by atoms with Crippen LogP contribution in [0.25, 0.3) is 11.1 Å². The first kappa shape index (κ1) is 29.1. The maximum absolute atomic E-state index is 13.0. The van der Waals surface area contributed by atoms with Crippen LogP contribution in [0.5, 0.6) is 0 Å². The number of hydrogen-bond acceptors (Lipinski definition) is 7. The van der Waals surface area contributed by atoms with Crippen molar-refractivity contribution >= 4 is 23.4 Å². The first-order valence-electron chi connectivity index (χ1n) is 14.1. The van der Waals surface area contributed by atoms with Crippen LogP contribution in [0.15, 0.2) is 53.1 Å². The molecule has 9 nitrogen and oxygen atoms in total. The molecule has 9 heteroatoms. The first-order chi connectivity index (χ1) is 19.3. The van der Waals surface area contributed by atoms with Gasteiger partial charge >= 0.3 is 6.09 Å². The molecule has 0 spiro atoms. The molecule has 0 saturated heterocycles. The number of unbranched alkanes of at least 4 members (excludes halogenated alkanes) is 1. The minimum atomic E-state index is -0.325. The average molecular weight is 548 g/mol. The number of aryl methyl sites for hydroxylation is 1. The van der Waals surface area contributed by atoms with Crippen molar-refractivity contribution in [1.29, 1.82) is 0 Å². The van der Waals surface area contributed by atoms with Crippen molar-refractivity contribution in [2.24, 2.45) is 5.73 Å². The number of ether oxygens (including phenoxy) is 1. The van der Waals surface area contributed by atoms with Gasteiger partial charge in [0.2, 0.25) is 0 Å². The van der Waals surface area contributed by atoms with E-state index in [1.165, 1.54) is 7.11 Å². The van der Waals surface area contributed by atoms with E-state index in [4.69, 9.17) is 15.0 Å². The van der Waals surface area contributed by atoms with Gasteiger partial charge in [0.1, 0.15) is 5.76 Å². The van der Waals surface area contributed by atoms with Gasteiger partial charge in [-0.2, -0.15) is 0 Å². The molecule has 0 unspecified atom stereocenters. The van der Waals surface area contributed by atoms with E-state index in [9.17, 15) is 9.59 Å². The molecule has 40 heavy (non-hydrogen) atoms. The second-order valence-corrected chi connectivity index (χ2v) is 10.7. The third-order valence-electron chi connectivity index (χ3n) is 7.57. The summed E-state index contributed by atoms with van der Waals surface area (Å²) in [5, 5.41) is 6.91. The Morgan fingerprint density at radius 1 is 1.10 bits per heavy atom. The van der Waals surface area contributed by atoms with Crippen LogP contribution in [-0.2, 0) is 11.3 Å². The predicted molar refractivity (Wildman–Crippen MR) is 157 cm³/mol. The number of hydrogen-bond donors (Lipinski definition) is 2. The van der Waals surface area contributed by atoms with Crippen LogP contribution < -0.4 is 16.0 Å². The summed E-state index contributed by atoms with van der Waals surface area (Å²) < 4.78 is 10.2. The Morgan fingerprint density at radius 3 is 2.52 bits per heavy atom. The minimum absolute atomic E-state index is 0.107. The summed E-state index contributed by atoms with van der Waals surface area (Å²) in [6, 6.07) is 16.2. The Morgan fingerprint density at radius 2 is 1.85 bits per heavy atom. The van der Waals surface area contributed by atoms with Crippen LogP contribution >= 0.6 is 0 Å². The summed E-state index contributed by atoms with van der Waals surface area (Å²) >= 11 is 0. The van der Waals surface area contributed by atoms with Gasteiger partial charge in [0.05, 0.1) is 18.5 Å². The lowest BCUT2D eigenvalue weighted by Gasteiger charge is -2.35. The van der Waals surface area contributed by atoms with E-state index in [1.807, 2.05) is 42.3 Å². The van der Waals surface area contributed by atoms with E-state index in [1.54, 1.807) is 13.0 Å². The van der Waals surface area contributed by atoms with Gasteiger partial charge in [-0.05, 0) is 73.9 Å². The van der Waals surface area contributed by atoms with Crippen molar-refractivity contribution in [2.75, 3.05) is 30.9 Å². The molecule has 1 saturated carbocycles. The van der Waals surface area contributed by atoms with Crippen LogP contribution in [0.3, 0.4) is 0 Å². The number of carbonyl (C=O) groups is 2. The average Bonchev–Trinajstić information content (AvgIpc) is 3.41. The van der Waals surface area contributed by atoms with Crippen molar-refractivity contribution in [3.63, 3.8) is 0 Å². The maximum atomic E-state index is 13.0. The number of amides is 2. The molecule has 4 rings (SSSR count). The molecule has 0 aliphatic heterocycles. The fourth-order valence-electron chi connectivity index (χ4n) is 5.24. The quantitative estimate of drug-likeness (QED) is 0.321. The number of nitrogens with two attached hydrogens (primary N) is 1. The van der Waals surface area contributed by atoms with Crippen molar-refractivity contribution in [3.8, 4) is 11.1 Å². The molecule has 3 N–H and O–H groups in total. The lowest BCUT2D eigenvalue weighted by molar-refractivity contribution is 0.0879. The number of nitrogens with one attached hydrogen (secondary N) is 1. The molecule has 1 heterocycles. The molecular formula is C31H41N5O4. The summed E-state index contributed by atoms with van der Waals surface area (Å²) in [6.07, 6.45) is 5.34. The highest BCUT2D eigenvalue weighted by molar-refractivity contribution is 6.05. The van der Waals surface area contributed by atoms with Gasteiger partial charge in [-0.1, -0.05) is 42.8 Å². The summed E-state index contributed by atoms with van der Waals surface area (Å²) in [4.78, 5) is 29.7. The molecular weight excluding hydrogens is 506 g/mol. The second-order valence-electron chi connectivity index (χ2n) is 10.7. The lowest BCUT2D eigenvalue weighted by atomic mass is 9.90. The zero-order chi connectivity index (χ0) is 28.6. The molecule has 2 aromatic carbocycles. The third-order valence-corrected chi connectivity index (χ3v) is 7.57. The van der Waals surface area contributed by atoms with Crippen LogP contribution in [0, 0.1) is 6.92 Å². The fraction of sp³-hybridized carbons (Fsp3) is 0.452. The Bertz CT molecular complexity index is 1300. The molecule has 0 bridgehead atoms. The minimum Gasteiger partial charge on any atom is -0.453 e. The smallest absolute Gasteiger partial charge is 0.410 e. The lowest BCUT2D eigenvalue weighted by Crippen LogP contribution is -2.43. The fourth-order valence-corrected chi connectivity index (χ4v) is 5.24. The van der Waals surface area contributed by atoms with Crippen LogP contribution in [-0.4, -0.2) is 54.8 Å². The van der Waals surface area contributed by atoms with Gasteiger partial charge < -0.3 is 30.1 Å². The molecule has 1 aromatic heterocycles. The number of nitrogens with zero attached hydrogens (tertiary/aromatic N) is 3. The first-order valence-corrected chi connectivity index (χ1v) is 14.1. The van der Waals surface area contributed by atoms with E-state index < -0.39 is 0 Å².